The van der Waals surface area contributed by atoms with Gasteiger partial charge in [-0.15, -0.1) is 0 Å². The summed E-state index contributed by atoms with van der Waals surface area (Å²) in [7, 11) is 0. The first-order valence-electron chi connectivity index (χ1n) is 3.73. The van der Waals surface area contributed by atoms with E-state index in [1.165, 1.54) is 0 Å². The Morgan fingerprint density at radius 2 is 2.08 bits per heavy atom. The number of benzene rings is 1. The van der Waals surface area contributed by atoms with Crippen LogP contribution in [0.25, 0.3) is 0 Å². The van der Waals surface area contributed by atoms with Gasteiger partial charge < -0.3 is 5.73 Å². The molecule has 0 aliphatic heterocycles. The number of hydrogen-bond acceptors (Lipinski definition) is 2. The maximum absolute atomic E-state index is 8.73. The van der Waals surface area contributed by atoms with E-state index in [0.29, 0.717) is 10.0 Å². The van der Waals surface area contributed by atoms with Gasteiger partial charge >= 0.3 is 0 Å². The van der Waals surface area contributed by atoms with Crippen LogP contribution in [0.15, 0.2) is 18.2 Å². The molecule has 1 rings (SSSR count). The van der Waals surface area contributed by atoms with Gasteiger partial charge in [0.1, 0.15) is 0 Å². The zero-order valence-corrected chi connectivity index (χ0v) is 8.31. The van der Waals surface area contributed by atoms with Gasteiger partial charge in [0.25, 0.3) is 0 Å². The number of hydrogen-bond donors (Lipinski definition) is 1. The predicted molar refractivity (Wildman–Crippen MR) is 53.9 cm³/mol. The number of rotatable bonds is 2. The summed E-state index contributed by atoms with van der Waals surface area (Å²) >= 11 is 11.5. The van der Waals surface area contributed by atoms with Crippen molar-refractivity contribution in [3.63, 3.8) is 0 Å². The second-order valence-corrected chi connectivity index (χ2v) is 3.41. The van der Waals surface area contributed by atoms with Crippen LogP contribution in [-0.2, 0) is 0 Å². The highest BCUT2D eigenvalue weighted by molar-refractivity contribution is 6.42. The van der Waals surface area contributed by atoms with E-state index in [-0.39, 0.29) is 12.5 Å². The molecule has 0 fully saturated rings. The van der Waals surface area contributed by atoms with E-state index in [1.807, 2.05) is 0 Å². The van der Waals surface area contributed by atoms with Crippen LogP contribution in [0.2, 0.25) is 10.0 Å². The minimum Gasteiger partial charge on any atom is -0.329 e. The fraction of sp³-hybridized carbons (Fsp3) is 0.222. The smallest absolute Gasteiger partial charge is 0.0835 e. The Balaban J connectivity index is 3.04. The number of nitrogens with zero attached hydrogens (tertiary/aromatic N) is 1. The predicted octanol–water partition coefficient (Wildman–Crippen LogP) is 2.56. The van der Waals surface area contributed by atoms with Crippen LogP contribution in [0, 0.1) is 11.3 Å². The Morgan fingerprint density at radius 3 is 2.54 bits per heavy atom. The fourth-order valence-corrected chi connectivity index (χ4v) is 1.30. The summed E-state index contributed by atoms with van der Waals surface area (Å²) in [6, 6.07) is 7.18. The summed E-state index contributed by atoms with van der Waals surface area (Å²) in [6.07, 6.45) is 0. The summed E-state index contributed by atoms with van der Waals surface area (Å²) in [5, 5.41) is 9.67. The van der Waals surface area contributed by atoms with E-state index in [0.717, 1.165) is 5.56 Å². The topological polar surface area (TPSA) is 49.8 Å². The molecule has 13 heavy (non-hydrogen) atoms. The quantitative estimate of drug-likeness (QED) is 0.823. The average molecular weight is 215 g/mol. The number of halogens is 2. The molecule has 68 valence electrons. The molecule has 4 heteroatoms. The SMILES string of the molecule is N#CC(CN)c1ccc(Cl)c(Cl)c1. The second-order valence-electron chi connectivity index (χ2n) is 2.59. The second kappa shape index (κ2) is 4.48. The van der Waals surface area contributed by atoms with Gasteiger partial charge in [0.2, 0.25) is 0 Å². The molecule has 0 radical (unpaired) electrons. The van der Waals surface area contributed by atoms with Gasteiger partial charge in [-0.25, -0.2) is 0 Å². The molecule has 0 bridgehead atoms. The lowest BCUT2D eigenvalue weighted by atomic mass is 10.0. The standard InChI is InChI=1S/C9H8Cl2N2/c10-8-2-1-6(3-9(8)11)7(4-12)5-13/h1-3,7H,4,12H2. The van der Waals surface area contributed by atoms with Crippen molar-refractivity contribution in [2.24, 2.45) is 5.73 Å². The van der Waals surface area contributed by atoms with Crippen molar-refractivity contribution in [3.8, 4) is 6.07 Å². The molecular formula is C9H8Cl2N2. The summed E-state index contributed by atoms with van der Waals surface area (Å²) in [5.41, 5.74) is 6.21. The highest BCUT2D eigenvalue weighted by atomic mass is 35.5. The third kappa shape index (κ3) is 2.35. The van der Waals surface area contributed by atoms with Gasteiger partial charge in [0.15, 0.2) is 0 Å². The zero-order valence-electron chi connectivity index (χ0n) is 6.80. The summed E-state index contributed by atoms with van der Waals surface area (Å²) < 4.78 is 0. The van der Waals surface area contributed by atoms with E-state index < -0.39 is 0 Å². The van der Waals surface area contributed by atoms with Crippen molar-refractivity contribution in [3.05, 3.63) is 33.8 Å². The van der Waals surface area contributed by atoms with Crippen molar-refractivity contribution in [1.82, 2.24) is 0 Å². The first-order valence-corrected chi connectivity index (χ1v) is 4.49. The van der Waals surface area contributed by atoms with Crippen molar-refractivity contribution in [1.29, 1.82) is 5.26 Å². The molecular weight excluding hydrogens is 207 g/mol. The molecule has 2 N–H and O–H groups in total. The molecule has 1 unspecified atom stereocenters. The number of nitrogens with two attached hydrogens (primary N) is 1. The van der Waals surface area contributed by atoms with Crippen LogP contribution in [0.3, 0.4) is 0 Å². The lowest BCUT2D eigenvalue weighted by Gasteiger charge is -2.06. The number of nitriles is 1. The van der Waals surface area contributed by atoms with Crippen LogP contribution < -0.4 is 5.73 Å². The van der Waals surface area contributed by atoms with Gasteiger partial charge in [0.05, 0.1) is 22.0 Å². The van der Waals surface area contributed by atoms with Crippen molar-refractivity contribution in [2.75, 3.05) is 6.54 Å². The molecule has 0 aliphatic rings. The summed E-state index contributed by atoms with van der Waals surface area (Å²) in [6.45, 7) is 0.286. The molecule has 2 nitrogen and oxygen atoms in total. The van der Waals surface area contributed by atoms with Gasteiger partial charge in [-0.1, -0.05) is 29.3 Å². The van der Waals surface area contributed by atoms with Gasteiger partial charge in [-0.05, 0) is 17.7 Å². The molecule has 1 aromatic rings. The summed E-state index contributed by atoms with van der Waals surface area (Å²) in [5.74, 6) is -0.310. The van der Waals surface area contributed by atoms with E-state index >= 15 is 0 Å². The Kier molecular flexibility index (Phi) is 3.56. The van der Waals surface area contributed by atoms with Crippen molar-refractivity contribution in [2.45, 2.75) is 5.92 Å². The van der Waals surface area contributed by atoms with Gasteiger partial charge in [0, 0.05) is 6.54 Å². The lowest BCUT2D eigenvalue weighted by molar-refractivity contribution is 0.862. The largest absolute Gasteiger partial charge is 0.329 e. The van der Waals surface area contributed by atoms with Crippen LogP contribution >= 0.6 is 23.2 Å². The molecule has 0 aliphatic carbocycles. The minimum atomic E-state index is -0.310. The first-order chi connectivity index (χ1) is 6.19. The maximum Gasteiger partial charge on any atom is 0.0835 e. The van der Waals surface area contributed by atoms with Gasteiger partial charge in [-0.3, -0.25) is 0 Å². The Bertz CT molecular complexity index is 344. The van der Waals surface area contributed by atoms with E-state index in [4.69, 9.17) is 34.2 Å². The molecule has 0 spiro atoms. The average Bonchev–Trinajstić information content (AvgIpc) is 2.13. The third-order valence-electron chi connectivity index (χ3n) is 1.74. The third-order valence-corrected chi connectivity index (χ3v) is 2.48. The van der Waals surface area contributed by atoms with E-state index in [9.17, 15) is 0 Å². The van der Waals surface area contributed by atoms with E-state index in [2.05, 4.69) is 6.07 Å². The maximum atomic E-state index is 8.73. The minimum absolute atomic E-state index is 0.286. The Morgan fingerprint density at radius 1 is 1.38 bits per heavy atom. The Labute approximate surface area is 86.9 Å². The van der Waals surface area contributed by atoms with Gasteiger partial charge in [-0.2, -0.15) is 5.26 Å². The highest BCUT2D eigenvalue weighted by Gasteiger charge is 2.09. The van der Waals surface area contributed by atoms with Crippen LogP contribution in [-0.4, -0.2) is 6.54 Å². The molecule has 0 heterocycles. The highest BCUT2D eigenvalue weighted by Crippen LogP contribution is 2.25. The Hall–Kier alpha value is -0.750. The van der Waals surface area contributed by atoms with Crippen LogP contribution in [0.4, 0.5) is 0 Å². The monoisotopic (exact) mass is 214 g/mol. The molecule has 0 amide bonds. The van der Waals surface area contributed by atoms with E-state index in [1.54, 1.807) is 18.2 Å². The fourth-order valence-electron chi connectivity index (χ4n) is 0.992. The lowest BCUT2D eigenvalue weighted by Crippen LogP contribution is -2.10. The first kappa shape index (κ1) is 10.3. The summed E-state index contributed by atoms with van der Waals surface area (Å²) in [4.78, 5) is 0. The molecule has 1 atom stereocenters. The molecule has 0 aromatic heterocycles. The molecule has 0 saturated carbocycles. The van der Waals surface area contributed by atoms with Crippen LogP contribution in [0.1, 0.15) is 11.5 Å². The normalized spacial score (nSPS) is 12.2. The van der Waals surface area contributed by atoms with Crippen LogP contribution in [0.5, 0.6) is 0 Å². The van der Waals surface area contributed by atoms with Crippen molar-refractivity contribution >= 4 is 23.2 Å². The van der Waals surface area contributed by atoms with Crippen molar-refractivity contribution < 1.29 is 0 Å². The molecule has 1 aromatic carbocycles. The molecule has 0 saturated heterocycles. The zero-order chi connectivity index (χ0) is 9.84.